The van der Waals surface area contributed by atoms with Crippen molar-refractivity contribution in [3.05, 3.63) is 58.1 Å². The van der Waals surface area contributed by atoms with E-state index in [1.165, 1.54) is 6.21 Å². The van der Waals surface area contributed by atoms with Crippen molar-refractivity contribution in [3.8, 4) is 11.5 Å². The molecule has 1 amide bonds. The quantitative estimate of drug-likeness (QED) is 0.682. The maximum absolute atomic E-state index is 12.1. The third kappa shape index (κ3) is 3.57. The Labute approximate surface area is 142 Å². The summed E-state index contributed by atoms with van der Waals surface area (Å²) in [6.45, 7) is 0.116. The molecule has 0 bridgehead atoms. The number of halogens is 2. The van der Waals surface area contributed by atoms with Crippen molar-refractivity contribution < 1.29 is 14.3 Å². The fourth-order valence-corrected chi connectivity index (χ4v) is 2.51. The number of fused-ring (bicyclic) bond motifs is 1. The van der Waals surface area contributed by atoms with Crippen LogP contribution in [0.4, 0.5) is 0 Å². The zero-order chi connectivity index (χ0) is 16.2. The second-order valence-electron chi connectivity index (χ2n) is 4.73. The van der Waals surface area contributed by atoms with E-state index in [9.17, 15) is 4.79 Å². The Morgan fingerprint density at radius 2 is 1.83 bits per heavy atom. The van der Waals surface area contributed by atoms with Crippen LogP contribution in [0, 0.1) is 0 Å². The second-order valence-corrected chi connectivity index (χ2v) is 5.55. The highest BCUT2D eigenvalue weighted by Gasteiger charge is 2.26. The van der Waals surface area contributed by atoms with Crippen LogP contribution in [0.15, 0.2) is 47.6 Å². The summed E-state index contributed by atoms with van der Waals surface area (Å²) in [5, 5.41) is 4.76. The van der Waals surface area contributed by atoms with Gasteiger partial charge in [0.05, 0.1) is 16.3 Å². The molecule has 0 aliphatic carbocycles. The molecular formula is C16H12Cl2N2O3. The smallest absolute Gasteiger partial charge is 0.284 e. The monoisotopic (exact) mass is 350 g/mol. The second kappa shape index (κ2) is 6.89. The van der Waals surface area contributed by atoms with Crippen molar-refractivity contribution >= 4 is 35.3 Å². The van der Waals surface area contributed by atoms with Gasteiger partial charge in [0.2, 0.25) is 6.10 Å². The van der Waals surface area contributed by atoms with Crippen LogP contribution < -0.4 is 14.9 Å². The third-order valence-electron chi connectivity index (χ3n) is 3.17. The normalized spacial score (nSPS) is 16.3. The number of hydrogen-bond donors (Lipinski definition) is 1. The van der Waals surface area contributed by atoms with E-state index in [1.54, 1.807) is 36.4 Å². The molecule has 0 saturated heterocycles. The fourth-order valence-electron chi connectivity index (χ4n) is 2.02. The van der Waals surface area contributed by atoms with Crippen molar-refractivity contribution in [1.29, 1.82) is 0 Å². The van der Waals surface area contributed by atoms with Gasteiger partial charge in [-0.15, -0.1) is 0 Å². The Bertz CT molecular complexity index is 744. The third-order valence-corrected chi connectivity index (χ3v) is 3.83. The predicted molar refractivity (Wildman–Crippen MR) is 88.6 cm³/mol. The Kier molecular flexibility index (Phi) is 4.69. The number of nitrogens with one attached hydrogen (secondary N) is 1. The van der Waals surface area contributed by atoms with E-state index in [0.29, 0.717) is 27.1 Å². The standard InChI is InChI=1S/C16H12Cl2N2O3/c17-11-4-3-5-12(18)10(11)8-19-20-16(21)15-9-22-13-6-1-2-7-14(13)23-15/h1-8,15H,9H2,(H,20,21)/b19-8-/t15-/m0/s1. The first-order valence-electron chi connectivity index (χ1n) is 6.80. The molecule has 1 atom stereocenters. The number of rotatable bonds is 3. The molecule has 0 radical (unpaired) electrons. The minimum absolute atomic E-state index is 0.116. The molecule has 0 aromatic heterocycles. The maximum Gasteiger partial charge on any atom is 0.284 e. The van der Waals surface area contributed by atoms with Crippen LogP contribution in [0.2, 0.25) is 10.0 Å². The maximum atomic E-state index is 12.1. The van der Waals surface area contributed by atoms with E-state index >= 15 is 0 Å². The Morgan fingerprint density at radius 3 is 2.57 bits per heavy atom. The molecule has 23 heavy (non-hydrogen) atoms. The average Bonchev–Trinajstić information content (AvgIpc) is 2.57. The minimum Gasteiger partial charge on any atom is -0.485 e. The van der Waals surface area contributed by atoms with Gasteiger partial charge >= 0.3 is 0 Å². The van der Waals surface area contributed by atoms with E-state index in [1.807, 2.05) is 6.07 Å². The molecule has 0 spiro atoms. The first kappa shape index (κ1) is 15.6. The SMILES string of the molecule is O=C(N/N=C\c1c(Cl)cccc1Cl)[C@@H]1COc2ccccc2O1. The zero-order valence-corrected chi connectivity index (χ0v) is 13.3. The summed E-state index contributed by atoms with van der Waals surface area (Å²) in [7, 11) is 0. The summed E-state index contributed by atoms with van der Waals surface area (Å²) in [5.74, 6) is 0.721. The van der Waals surface area contributed by atoms with Crippen LogP contribution in [0.25, 0.3) is 0 Å². The van der Waals surface area contributed by atoms with E-state index in [2.05, 4.69) is 10.5 Å². The van der Waals surface area contributed by atoms with Gasteiger partial charge in [0, 0.05) is 5.56 Å². The number of nitrogens with zero attached hydrogens (tertiary/aromatic N) is 1. The van der Waals surface area contributed by atoms with Gasteiger partial charge in [-0.2, -0.15) is 5.10 Å². The number of benzene rings is 2. The zero-order valence-electron chi connectivity index (χ0n) is 11.8. The van der Waals surface area contributed by atoms with Gasteiger partial charge in [0.15, 0.2) is 11.5 Å². The lowest BCUT2D eigenvalue weighted by Crippen LogP contribution is -2.42. The van der Waals surface area contributed by atoms with Crippen LogP contribution in [0.5, 0.6) is 11.5 Å². The molecule has 1 aliphatic rings. The Hall–Kier alpha value is -2.24. The van der Waals surface area contributed by atoms with Crippen molar-refractivity contribution in [2.75, 3.05) is 6.61 Å². The van der Waals surface area contributed by atoms with Crippen molar-refractivity contribution in [3.63, 3.8) is 0 Å². The minimum atomic E-state index is -0.774. The number of hydrogen-bond acceptors (Lipinski definition) is 4. The largest absolute Gasteiger partial charge is 0.485 e. The molecule has 0 unspecified atom stereocenters. The van der Waals surface area contributed by atoms with E-state index in [0.717, 1.165) is 0 Å². The molecule has 7 heteroatoms. The van der Waals surface area contributed by atoms with E-state index in [4.69, 9.17) is 32.7 Å². The number of hydrazone groups is 1. The van der Waals surface area contributed by atoms with E-state index in [-0.39, 0.29) is 6.61 Å². The van der Waals surface area contributed by atoms with E-state index < -0.39 is 12.0 Å². The van der Waals surface area contributed by atoms with Gasteiger partial charge in [-0.1, -0.05) is 41.4 Å². The Balaban J connectivity index is 1.63. The molecular weight excluding hydrogens is 339 g/mol. The van der Waals surface area contributed by atoms with Gasteiger partial charge in [-0.05, 0) is 24.3 Å². The summed E-state index contributed by atoms with van der Waals surface area (Å²) in [6, 6.07) is 12.3. The molecule has 0 fully saturated rings. The summed E-state index contributed by atoms with van der Waals surface area (Å²) in [6.07, 6.45) is 0.615. The van der Waals surface area contributed by atoms with Crippen LogP contribution in [0.3, 0.4) is 0 Å². The lowest BCUT2D eigenvalue weighted by Gasteiger charge is -2.24. The fraction of sp³-hybridized carbons (Fsp3) is 0.125. The van der Waals surface area contributed by atoms with Gasteiger partial charge < -0.3 is 9.47 Å². The number of amides is 1. The number of ether oxygens (including phenoxy) is 2. The van der Waals surface area contributed by atoms with Gasteiger partial charge in [-0.3, -0.25) is 4.79 Å². The molecule has 2 aromatic rings. The number of para-hydroxylation sites is 2. The molecule has 2 aromatic carbocycles. The van der Waals surface area contributed by atoms with Gasteiger partial charge in [0.1, 0.15) is 6.61 Å². The number of carbonyl (C=O) groups is 1. The molecule has 1 N–H and O–H groups in total. The highest BCUT2D eigenvalue weighted by Crippen LogP contribution is 2.30. The summed E-state index contributed by atoms with van der Waals surface area (Å²) >= 11 is 12.0. The molecule has 3 rings (SSSR count). The summed E-state index contributed by atoms with van der Waals surface area (Å²) in [4.78, 5) is 12.1. The average molecular weight is 351 g/mol. The van der Waals surface area contributed by atoms with Gasteiger partial charge in [0.25, 0.3) is 5.91 Å². The summed E-state index contributed by atoms with van der Waals surface area (Å²) in [5.41, 5.74) is 2.92. The molecule has 5 nitrogen and oxygen atoms in total. The highest BCUT2D eigenvalue weighted by molar-refractivity contribution is 6.38. The molecule has 1 aliphatic heterocycles. The topological polar surface area (TPSA) is 59.9 Å². The number of carbonyl (C=O) groups excluding carboxylic acids is 1. The van der Waals surface area contributed by atoms with Crippen molar-refractivity contribution in [1.82, 2.24) is 5.43 Å². The first-order valence-corrected chi connectivity index (χ1v) is 7.56. The lowest BCUT2D eigenvalue weighted by atomic mass is 10.2. The van der Waals surface area contributed by atoms with Crippen LogP contribution in [0.1, 0.15) is 5.56 Å². The molecule has 1 heterocycles. The van der Waals surface area contributed by atoms with Crippen molar-refractivity contribution in [2.45, 2.75) is 6.10 Å². The summed E-state index contributed by atoms with van der Waals surface area (Å²) < 4.78 is 11.1. The lowest BCUT2D eigenvalue weighted by molar-refractivity contribution is -0.130. The van der Waals surface area contributed by atoms with Gasteiger partial charge in [-0.25, -0.2) is 5.43 Å². The molecule has 0 saturated carbocycles. The van der Waals surface area contributed by atoms with Crippen LogP contribution in [-0.2, 0) is 4.79 Å². The van der Waals surface area contributed by atoms with Crippen molar-refractivity contribution in [2.24, 2.45) is 5.10 Å². The first-order chi connectivity index (χ1) is 11.1. The Morgan fingerprint density at radius 1 is 1.13 bits per heavy atom. The van der Waals surface area contributed by atoms with Crippen LogP contribution >= 0.6 is 23.2 Å². The molecule has 118 valence electrons. The predicted octanol–water partition coefficient (Wildman–Crippen LogP) is 3.28. The highest BCUT2D eigenvalue weighted by atomic mass is 35.5. The van der Waals surface area contributed by atoms with Crippen LogP contribution in [-0.4, -0.2) is 24.8 Å².